The fraction of sp³-hybridized carbons (Fsp3) is 0.480. The molecular weight excluding hydrogens is 454 g/mol. The van der Waals surface area contributed by atoms with E-state index in [0.29, 0.717) is 6.04 Å². The number of aromatic amines is 1. The van der Waals surface area contributed by atoms with Crippen molar-refractivity contribution in [2.75, 3.05) is 33.9 Å². The number of ether oxygens (including phenoxy) is 2. The van der Waals surface area contributed by atoms with Crippen LogP contribution in [0.3, 0.4) is 0 Å². The highest BCUT2D eigenvalue weighted by Crippen LogP contribution is 2.25. The third-order valence-corrected chi connectivity index (χ3v) is 6.48. The summed E-state index contributed by atoms with van der Waals surface area (Å²) in [5, 5.41) is 3.66. The number of aryl methyl sites for hydroxylation is 1. The van der Waals surface area contributed by atoms with Gasteiger partial charge < -0.3 is 24.7 Å². The number of aromatic nitrogens is 3. The Labute approximate surface area is 206 Å². The fourth-order valence-corrected chi connectivity index (χ4v) is 4.50. The van der Waals surface area contributed by atoms with Crippen molar-refractivity contribution in [3.8, 4) is 11.5 Å². The largest absolute Gasteiger partial charge is 0.496 e. The average molecular weight is 488 g/mol. The lowest BCUT2D eigenvalue weighted by molar-refractivity contribution is 0.198. The third-order valence-electron chi connectivity index (χ3n) is 6.48. The molecule has 0 saturated carbocycles. The molecule has 0 bridgehead atoms. The molecule has 0 spiro atoms. The number of piperidine rings is 1. The summed E-state index contributed by atoms with van der Waals surface area (Å²) >= 11 is 0. The SMILES string of the molecule is CCc1cnc(CNC2CCN(CCc3c(OC)cnc4ccc(=O)[nH]c34)CC2)cc1OC.Cl. The smallest absolute Gasteiger partial charge is 0.248 e. The number of hydrogen-bond acceptors (Lipinski definition) is 7. The molecule has 0 aliphatic carbocycles. The molecule has 1 aliphatic heterocycles. The molecule has 2 N–H and O–H groups in total. The molecule has 3 aromatic rings. The van der Waals surface area contributed by atoms with Crippen molar-refractivity contribution in [3.63, 3.8) is 0 Å². The molecule has 1 aliphatic rings. The molecule has 4 rings (SSSR count). The lowest BCUT2D eigenvalue weighted by atomic mass is 10.0. The van der Waals surface area contributed by atoms with Crippen LogP contribution in [0.15, 0.2) is 35.4 Å². The highest BCUT2D eigenvalue weighted by Gasteiger charge is 2.20. The van der Waals surface area contributed by atoms with E-state index in [1.807, 2.05) is 12.3 Å². The molecule has 0 atom stereocenters. The van der Waals surface area contributed by atoms with Gasteiger partial charge in [-0.05, 0) is 44.8 Å². The average Bonchev–Trinajstić information content (AvgIpc) is 2.86. The van der Waals surface area contributed by atoms with Gasteiger partial charge in [0.25, 0.3) is 0 Å². The van der Waals surface area contributed by atoms with Crippen molar-refractivity contribution in [2.24, 2.45) is 0 Å². The van der Waals surface area contributed by atoms with E-state index in [2.05, 4.69) is 32.1 Å². The van der Waals surface area contributed by atoms with Crippen LogP contribution in [0.4, 0.5) is 0 Å². The first-order chi connectivity index (χ1) is 16.1. The number of H-pyrrole nitrogens is 1. The van der Waals surface area contributed by atoms with Gasteiger partial charge in [-0.3, -0.25) is 14.8 Å². The summed E-state index contributed by atoms with van der Waals surface area (Å²) in [5.74, 6) is 1.64. The predicted octanol–water partition coefficient (Wildman–Crippen LogP) is 3.12. The third kappa shape index (κ3) is 6.05. The molecule has 0 amide bonds. The Kier molecular flexibility index (Phi) is 9.27. The molecule has 1 fully saturated rings. The Balaban J connectivity index is 0.00000324. The number of nitrogens with zero attached hydrogens (tertiary/aromatic N) is 3. The summed E-state index contributed by atoms with van der Waals surface area (Å²) in [4.78, 5) is 26.2. The molecule has 9 heteroatoms. The Morgan fingerprint density at radius 1 is 1.12 bits per heavy atom. The maximum absolute atomic E-state index is 11.9. The number of pyridine rings is 3. The van der Waals surface area contributed by atoms with Crippen LogP contribution in [0.25, 0.3) is 11.0 Å². The number of nitrogens with one attached hydrogen (secondary N) is 2. The predicted molar refractivity (Wildman–Crippen MR) is 136 cm³/mol. The maximum atomic E-state index is 11.9. The van der Waals surface area contributed by atoms with Gasteiger partial charge in [-0.1, -0.05) is 6.92 Å². The number of hydrogen-bond donors (Lipinski definition) is 2. The van der Waals surface area contributed by atoms with Gasteiger partial charge in [-0.2, -0.15) is 0 Å². The molecule has 0 unspecified atom stereocenters. The van der Waals surface area contributed by atoms with Crippen LogP contribution < -0.4 is 20.3 Å². The van der Waals surface area contributed by atoms with Gasteiger partial charge in [-0.25, -0.2) is 0 Å². The lowest BCUT2D eigenvalue weighted by Gasteiger charge is -2.32. The Hall–Kier alpha value is -2.68. The maximum Gasteiger partial charge on any atom is 0.248 e. The lowest BCUT2D eigenvalue weighted by Crippen LogP contribution is -2.43. The van der Waals surface area contributed by atoms with E-state index in [1.54, 1.807) is 26.5 Å². The number of fused-ring (bicyclic) bond motifs is 1. The van der Waals surface area contributed by atoms with Gasteiger partial charge in [0.05, 0.1) is 37.1 Å². The van der Waals surface area contributed by atoms with Gasteiger partial charge >= 0.3 is 0 Å². The van der Waals surface area contributed by atoms with Crippen molar-refractivity contribution >= 4 is 23.4 Å². The number of rotatable bonds is 9. The topological polar surface area (TPSA) is 92.4 Å². The van der Waals surface area contributed by atoms with Crippen LogP contribution in [0.5, 0.6) is 11.5 Å². The summed E-state index contributed by atoms with van der Waals surface area (Å²) in [7, 11) is 3.36. The summed E-state index contributed by atoms with van der Waals surface area (Å²) in [6.07, 6.45) is 7.56. The van der Waals surface area contributed by atoms with Crippen LogP contribution in [0.1, 0.15) is 36.6 Å². The second-order valence-corrected chi connectivity index (χ2v) is 8.48. The van der Waals surface area contributed by atoms with Crippen molar-refractivity contribution in [3.05, 3.63) is 57.8 Å². The molecule has 3 aromatic heterocycles. The molecule has 0 radical (unpaired) electrons. The zero-order chi connectivity index (χ0) is 23.2. The number of halogens is 1. The first kappa shape index (κ1) is 25.9. The molecule has 0 aromatic carbocycles. The van der Waals surface area contributed by atoms with E-state index in [4.69, 9.17) is 9.47 Å². The van der Waals surface area contributed by atoms with Crippen LogP contribution in [-0.2, 0) is 19.4 Å². The van der Waals surface area contributed by atoms with E-state index in [9.17, 15) is 4.79 Å². The second-order valence-electron chi connectivity index (χ2n) is 8.48. The number of methoxy groups -OCH3 is 2. The van der Waals surface area contributed by atoms with Crippen LogP contribution >= 0.6 is 12.4 Å². The fourth-order valence-electron chi connectivity index (χ4n) is 4.50. The van der Waals surface area contributed by atoms with Crippen molar-refractivity contribution in [2.45, 2.75) is 45.2 Å². The molecular formula is C25H34ClN5O3. The van der Waals surface area contributed by atoms with E-state index >= 15 is 0 Å². The van der Waals surface area contributed by atoms with Crippen molar-refractivity contribution < 1.29 is 9.47 Å². The summed E-state index contributed by atoms with van der Waals surface area (Å²) in [5.41, 5.74) is 4.59. The highest BCUT2D eigenvalue weighted by atomic mass is 35.5. The van der Waals surface area contributed by atoms with Crippen LogP contribution in [0.2, 0.25) is 0 Å². The minimum absolute atomic E-state index is 0. The second kappa shape index (κ2) is 12.1. The van der Waals surface area contributed by atoms with E-state index < -0.39 is 0 Å². The van der Waals surface area contributed by atoms with E-state index in [1.165, 1.54) is 6.07 Å². The Morgan fingerprint density at radius 2 is 1.88 bits per heavy atom. The van der Waals surface area contributed by atoms with Crippen molar-refractivity contribution in [1.82, 2.24) is 25.2 Å². The summed E-state index contributed by atoms with van der Waals surface area (Å²) in [6.45, 7) is 5.84. The Bertz CT molecular complexity index is 1150. The van der Waals surface area contributed by atoms with Gasteiger partial charge in [0.1, 0.15) is 11.5 Å². The molecule has 4 heterocycles. The summed E-state index contributed by atoms with van der Waals surface area (Å²) < 4.78 is 11.0. The quantitative estimate of drug-likeness (QED) is 0.479. The zero-order valence-corrected chi connectivity index (χ0v) is 20.9. The van der Waals surface area contributed by atoms with Crippen LogP contribution in [0, 0.1) is 0 Å². The van der Waals surface area contributed by atoms with Gasteiger partial charge in [0.2, 0.25) is 5.56 Å². The standard InChI is InChI=1S/C25H33N5O3.ClH/c1-4-17-14-26-19(13-22(17)32-2)15-27-18-7-10-30(11-8-18)12-9-20-23(33-3)16-28-21-5-6-24(31)29-25(20)21;/h5-6,13-14,16,18,27H,4,7-12,15H2,1-3H3,(H,29,31);1H. The van der Waals surface area contributed by atoms with E-state index in [0.717, 1.165) is 91.2 Å². The van der Waals surface area contributed by atoms with Gasteiger partial charge in [0.15, 0.2) is 0 Å². The normalized spacial score (nSPS) is 14.7. The van der Waals surface area contributed by atoms with Crippen molar-refractivity contribution in [1.29, 1.82) is 0 Å². The minimum atomic E-state index is -0.123. The summed E-state index contributed by atoms with van der Waals surface area (Å²) in [6, 6.07) is 5.78. The first-order valence-electron chi connectivity index (χ1n) is 11.6. The molecule has 8 nitrogen and oxygen atoms in total. The molecule has 34 heavy (non-hydrogen) atoms. The van der Waals surface area contributed by atoms with E-state index in [-0.39, 0.29) is 18.0 Å². The Morgan fingerprint density at radius 3 is 2.59 bits per heavy atom. The molecule has 1 saturated heterocycles. The van der Waals surface area contributed by atoms with Crippen LogP contribution in [-0.4, -0.2) is 59.7 Å². The number of likely N-dealkylation sites (tertiary alicyclic amines) is 1. The minimum Gasteiger partial charge on any atom is -0.496 e. The highest BCUT2D eigenvalue weighted by molar-refractivity contribution is 5.85. The monoisotopic (exact) mass is 487 g/mol. The first-order valence-corrected chi connectivity index (χ1v) is 11.6. The molecule has 184 valence electrons. The van der Waals surface area contributed by atoms with Gasteiger partial charge in [0, 0.05) is 48.6 Å². The van der Waals surface area contributed by atoms with Gasteiger partial charge in [-0.15, -0.1) is 12.4 Å². The zero-order valence-electron chi connectivity index (χ0n) is 20.1.